The standard InChI is InChI=1S/C12H13ClN4O2/c1-17(6-11-14-8-15-16-11)12(18)7-19-10-5-3-2-4-9(10)13/h2-5,8H,6-7H2,1H3,(H,14,15,16). The molecule has 2 rings (SSSR count). The lowest BCUT2D eigenvalue weighted by molar-refractivity contribution is -0.132. The fourth-order valence-electron chi connectivity index (χ4n) is 1.43. The minimum absolute atomic E-state index is 0.0750. The first kappa shape index (κ1) is 13.4. The van der Waals surface area contributed by atoms with E-state index in [1.807, 2.05) is 0 Å². The van der Waals surface area contributed by atoms with Crippen LogP contribution in [0, 0.1) is 0 Å². The Morgan fingerprint density at radius 1 is 1.47 bits per heavy atom. The fraction of sp³-hybridized carbons (Fsp3) is 0.250. The van der Waals surface area contributed by atoms with Gasteiger partial charge < -0.3 is 9.64 Å². The van der Waals surface area contributed by atoms with Crippen molar-refractivity contribution in [1.82, 2.24) is 20.1 Å². The molecule has 0 aliphatic heterocycles. The molecule has 1 amide bonds. The number of carbonyl (C=O) groups is 1. The molecule has 19 heavy (non-hydrogen) atoms. The maximum absolute atomic E-state index is 11.8. The molecular formula is C12H13ClN4O2. The molecule has 2 aromatic rings. The lowest BCUT2D eigenvalue weighted by Gasteiger charge is -2.16. The molecule has 100 valence electrons. The summed E-state index contributed by atoms with van der Waals surface area (Å²) < 4.78 is 5.37. The van der Waals surface area contributed by atoms with E-state index in [1.165, 1.54) is 11.2 Å². The average Bonchev–Trinajstić information content (AvgIpc) is 2.90. The SMILES string of the molecule is CN(Cc1ncn[nH]1)C(=O)COc1ccccc1Cl. The molecule has 0 saturated carbocycles. The maximum Gasteiger partial charge on any atom is 0.260 e. The lowest BCUT2D eigenvalue weighted by Crippen LogP contribution is -2.31. The first-order chi connectivity index (χ1) is 9.16. The summed E-state index contributed by atoms with van der Waals surface area (Å²) in [6.07, 6.45) is 1.40. The molecular weight excluding hydrogens is 268 g/mol. The van der Waals surface area contributed by atoms with Gasteiger partial charge in [0.25, 0.3) is 5.91 Å². The molecule has 0 unspecified atom stereocenters. The summed E-state index contributed by atoms with van der Waals surface area (Å²) in [5.41, 5.74) is 0. The van der Waals surface area contributed by atoms with Gasteiger partial charge in [-0.25, -0.2) is 4.98 Å². The number of nitrogens with zero attached hydrogens (tertiary/aromatic N) is 3. The van der Waals surface area contributed by atoms with Gasteiger partial charge in [0.2, 0.25) is 0 Å². The quantitative estimate of drug-likeness (QED) is 0.901. The summed E-state index contributed by atoms with van der Waals surface area (Å²) >= 11 is 5.93. The molecule has 0 radical (unpaired) electrons. The highest BCUT2D eigenvalue weighted by Crippen LogP contribution is 2.22. The number of aromatic nitrogens is 3. The first-order valence-electron chi connectivity index (χ1n) is 5.62. The van der Waals surface area contributed by atoms with E-state index < -0.39 is 0 Å². The summed E-state index contributed by atoms with van der Waals surface area (Å²) in [7, 11) is 1.67. The van der Waals surface area contributed by atoms with E-state index in [-0.39, 0.29) is 12.5 Å². The maximum atomic E-state index is 11.8. The van der Waals surface area contributed by atoms with E-state index >= 15 is 0 Å². The number of carbonyl (C=O) groups excluding carboxylic acids is 1. The van der Waals surface area contributed by atoms with Gasteiger partial charge >= 0.3 is 0 Å². The van der Waals surface area contributed by atoms with Crippen molar-refractivity contribution >= 4 is 17.5 Å². The third kappa shape index (κ3) is 3.69. The van der Waals surface area contributed by atoms with Crippen LogP contribution in [0.2, 0.25) is 5.02 Å². The normalized spacial score (nSPS) is 10.2. The van der Waals surface area contributed by atoms with Crippen LogP contribution < -0.4 is 4.74 Å². The molecule has 7 heteroatoms. The van der Waals surface area contributed by atoms with Crippen LogP contribution >= 0.6 is 11.6 Å². The summed E-state index contributed by atoms with van der Waals surface area (Å²) in [5, 5.41) is 6.89. The number of H-pyrrole nitrogens is 1. The molecule has 6 nitrogen and oxygen atoms in total. The van der Waals surface area contributed by atoms with Crippen molar-refractivity contribution in [2.24, 2.45) is 0 Å². The number of benzene rings is 1. The van der Waals surface area contributed by atoms with Gasteiger partial charge in [0.05, 0.1) is 11.6 Å². The third-order valence-electron chi connectivity index (χ3n) is 2.47. The predicted octanol–water partition coefficient (Wildman–Crippen LogP) is 1.50. The van der Waals surface area contributed by atoms with E-state index in [2.05, 4.69) is 15.2 Å². The Bertz CT molecular complexity index is 544. The number of para-hydroxylation sites is 1. The van der Waals surface area contributed by atoms with Crippen molar-refractivity contribution < 1.29 is 9.53 Å². The second-order valence-corrected chi connectivity index (χ2v) is 4.31. The fourth-order valence-corrected chi connectivity index (χ4v) is 1.62. The molecule has 1 aromatic carbocycles. The Balaban J connectivity index is 1.86. The van der Waals surface area contributed by atoms with Crippen LogP contribution in [-0.4, -0.2) is 39.6 Å². The molecule has 0 fully saturated rings. The van der Waals surface area contributed by atoms with Crippen molar-refractivity contribution in [3.05, 3.63) is 41.4 Å². The highest BCUT2D eigenvalue weighted by atomic mass is 35.5. The van der Waals surface area contributed by atoms with Crippen molar-refractivity contribution in [2.75, 3.05) is 13.7 Å². The van der Waals surface area contributed by atoms with E-state index in [9.17, 15) is 4.79 Å². The highest BCUT2D eigenvalue weighted by molar-refractivity contribution is 6.32. The average molecular weight is 281 g/mol. The van der Waals surface area contributed by atoms with Gasteiger partial charge in [0.1, 0.15) is 17.9 Å². The van der Waals surface area contributed by atoms with Crippen molar-refractivity contribution in [3.63, 3.8) is 0 Å². The number of halogens is 1. The van der Waals surface area contributed by atoms with Gasteiger partial charge in [0.15, 0.2) is 6.61 Å². The number of amides is 1. The zero-order valence-corrected chi connectivity index (χ0v) is 11.1. The molecule has 1 aromatic heterocycles. The van der Waals surface area contributed by atoms with Crippen molar-refractivity contribution in [1.29, 1.82) is 0 Å². The van der Waals surface area contributed by atoms with Crippen LogP contribution in [0.3, 0.4) is 0 Å². The summed E-state index contributed by atoms with van der Waals surface area (Å²) in [6, 6.07) is 7.02. The molecule has 0 aliphatic rings. The van der Waals surface area contributed by atoms with E-state index in [4.69, 9.17) is 16.3 Å². The molecule has 0 bridgehead atoms. The molecule has 0 atom stereocenters. The summed E-state index contributed by atoms with van der Waals surface area (Å²) in [5.74, 6) is 0.940. The van der Waals surface area contributed by atoms with Crippen LogP contribution in [0.5, 0.6) is 5.75 Å². The molecule has 0 aliphatic carbocycles. The van der Waals surface area contributed by atoms with Crippen molar-refractivity contribution in [2.45, 2.75) is 6.54 Å². The topological polar surface area (TPSA) is 71.1 Å². The number of ether oxygens (including phenoxy) is 1. The number of hydrogen-bond donors (Lipinski definition) is 1. The van der Waals surface area contributed by atoms with Gasteiger partial charge in [-0.15, -0.1) is 0 Å². The van der Waals surface area contributed by atoms with E-state index in [0.29, 0.717) is 23.1 Å². The summed E-state index contributed by atoms with van der Waals surface area (Å²) in [6.45, 7) is 0.277. The Kier molecular flexibility index (Phi) is 4.35. The smallest absolute Gasteiger partial charge is 0.260 e. The van der Waals surface area contributed by atoms with Crippen LogP contribution in [0.25, 0.3) is 0 Å². The predicted molar refractivity (Wildman–Crippen MR) is 69.8 cm³/mol. The van der Waals surface area contributed by atoms with E-state index in [1.54, 1.807) is 31.3 Å². The van der Waals surface area contributed by atoms with Crippen molar-refractivity contribution in [3.8, 4) is 5.75 Å². The minimum atomic E-state index is -0.170. The first-order valence-corrected chi connectivity index (χ1v) is 6.00. The minimum Gasteiger partial charge on any atom is -0.482 e. The Hall–Kier alpha value is -2.08. The number of aromatic amines is 1. The monoisotopic (exact) mass is 280 g/mol. The van der Waals surface area contributed by atoms with Crippen LogP contribution in [0.15, 0.2) is 30.6 Å². The van der Waals surface area contributed by atoms with Gasteiger partial charge in [-0.2, -0.15) is 5.10 Å². The number of rotatable bonds is 5. The Morgan fingerprint density at radius 2 is 2.26 bits per heavy atom. The van der Waals surface area contributed by atoms with Crippen LogP contribution in [0.4, 0.5) is 0 Å². The summed E-state index contributed by atoms with van der Waals surface area (Å²) in [4.78, 5) is 17.3. The second-order valence-electron chi connectivity index (χ2n) is 3.90. The molecule has 0 spiro atoms. The second kappa shape index (κ2) is 6.19. The van der Waals surface area contributed by atoms with Crippen LogP contribution in [-0.2, 0) is 11.3 Å². The zero-order chi connectivity index (χ0) is 13.7. The van der Waals surface area contributed by atoms with E-state index in [0.717, 1.165) is 0 Å². The largest absolute Gasteiger partial charge is 0.482 e. The van der Waals surface area contributed by atoms with Gasteiger partial charge in [-0.1, -0.05) is 23.7 Å². The lowest BCUT2D eigenvalue weighted by atomic mass is 10.3. The third-order valence-corrected chi connectivity index (χ3v) is 2.78. The van der Waals surface area contributed by atoms with Gasteiger partial charge in [0, 0.05) is 7.05 Å². The molecule has 0 saturated heterocycles. The zero-order valence-electron chi connectivity index (χ0n) is 10.3. The Labute approximate surface area is 115 Å². The number of likely N-dealkylation sites (N-methyl/N-ethyl adjacent to an activating group) is 1. The van der Waals surface area contributed by atoms with Gasteiger partial charge in [-0.3, -0.25) is 9.89 Å². The molecule has 1 N–H and O–H groups in total. The number of hydrogen-bond acceptors (Lipinski definition) is 4. The Morgan fingerprint density at radius 3 is 2.95 bits per heavy atom. The van der Waals surface area contributed by atoms with Gasteiger partial charge in [-0.05, 0) is 12.1 Å². The van der Waals surface area contributed by atoms with Crippen LogP contribution in [0.1, 0.15) is 5.82 Å². The highest BCUT2D eigenvalue weighted by Gasteiger charge is 2.12. The number of nitrogens with one attached hydrogen (secondary N) is 1. The molecule has 1 heterocycles.